The fourth-order valence-electron chi connectivity index (χ4n) is 9.81. The molecule has 1 aliphatic heterocycles. The van der Waals surface area contributed by atoms with Gasteiger partial charge in [-0.05, 0) is 142 Å². The largest absolute Gasteiger partial charge is 0.493 e. The van der Waals surface area contributed by atoms with Gasteiger partial charge in [-0.3, -0.25) is 9.88 Å². The lowest BCUT2D eigenvalue weighted by atomic mass is 9.59. The van der Waals surface area contributed by atoms with Crippen molar-refractivity contribution in [2.45, 2.75) is 102 Å². The third kappa shape index (κ3) is 7.81. The monoisotopic (exact) mass is 728 g/mol. The third-order valence-corrected chi connectivity index (χ3v) is 12.9. The molecule has 1 aromatic heterocycles. The number of nitrogens with one attached hydrogen (secondary N) is 1. The van der Waals surface area contributed by atoms with Gasteiger partial charge in [0.05, 0.1) is 6.61 Å². The molecule has 7 rings (SSSR count). The molecule has 4 aliphatic rings. The van der Waals surface area contributed by atoms with E-state index in [0.29, 0.717) is 42.2 Å². The number of carbonyl (C=O) groups is 1. The second-order valence-corrected chi connectivity index (χ2v) is 17.0. The van der Waals surface area contributed by atoms with Crippen LogP contribution in [0.4, 0.5) is 5.69 Å². The molecule has 9 heteroatoms. The van der Waals surface area contributed by atoms with Gasteiger partial charge < -0.3 is 24.8 Å². The molecule has 3 aromatic rings. The predicted molar refractivity (Wildman–Crippen MR) is 208 cm³/mol. The summed E-state index contributed by atoms with van der Waals surface area (Å²) in [5, 5.41) is 14.7. The molecule has 2 heterocycles. The molecule has 52 heavy (non-hydrogen) atoms. The molecule has 3 aliphatic carbocycles. The van der Waals surface area contributed by atoms with Gasteiger partial charge in [0.2, 0.25) is 0 Å². The Hall–Kier alpha value is -3.33. The number of carboxylic acid groups (broad SMARTS) is 1. The third-order valence-electron chi connectivity index (χ3n) is 12.7. The highest BCUT2D eigenvalue weighted by Gasteiger charge is 2.54. The van der Waals surface area contributed by atoms with Crippen molar-refractivity contribution in [3.05, 3.63) is 82.1 Å². The van der Waals surface area contributed by atoms with Gasteiger partial charge in [-0.15, -0.1) is 0 Å². The number of halogens is 1. The fraction of sp³-hybridized carbons (Fsp3) is 0.581. The molecule has 2 fully saturated rings. The van der Waals surface area contributed by atoms with Crippen molar-refractivity contribution in [1.82, 2.24) is 14.8 Å². The van der Waals surface area contributed by atoms with Crippen LogP contribution in [0.3, 0.4) is 0 Å². The van der Waals surface area contributed by atoms with E-state index in [9.17, 15) is 9.90 Å². The van der Waals surface area contributed by atoms with E-state index in [1.54, 1.807) is 0 Å². The zero-order valence-corrected chi connectivity index (χ0v) is 32.3. The standard InChI is InChI=1S/C43H57ClN4O4/c1-29(28-51-39-13-18-45-38-10-5-7-30(2)40(38)39)23-33-24-32-11-12-36(52-31(3)27-48-21-19-47(4)20-22-48)26-37(32)42(33)14-16-43(17-15-42,41(49)50)46-35-9-6-8-34(44)25-35/h6,8-9,11-13,18,25-26,29-31,33,46H,5,7,10,14-17,19-24,27-28H2,1-4H3,(H,49,50)/t29-,30-,31-,33+,42?,43?/m1/s1. The van der Waals surface area contributed by atoms with Gasteiger partial charge in [-0.2, -0.15) is 0 Å². The van der Waals surface area contributed by atoms with Crippen LogP contribution < -0.4 is 14.8 Å². The highest BCUT2D eigenvalue weighted by atomic mass is 35.5. The summed E-state index contributed by atoms with van der Waals surface area (Å²) < 4.78 is 13.2. The zero-order chi connectivity index (χ0) is 36.5. The van der Waals surface area contributed by atoms with Crippen LogP contribution in [-0.2, 0) is 23.1 Å². The first-order valence-corrected chi connectivity index (χ1v) is 20.0. The van der Waals surface area contributed by atoms with Crippen molar-refractivity contribution in [1.29, 1.82) is 0 Å². The van der Waals surface area contributed by atoms with Crippen LogP contribution in [0.25, 0.3) is 0 Å². The van der Waals surface area contributed by atoms with Crippen LogP contribution in [0.2, 0.25) is 5.02 Å². The number of carboxylic acids is 1. The summed E-state index contributed by atoms with van der Waals surface area (Å²) in [6.07, 6.45) is 9.99. The lowest BCUT2D eigenvalue weighted by Gasteiger charge is -2.47. The molecule has 0 amide bonds. The number of aliphatic carboxylic acids is 1. The molecule has 1 saturated carbocycles. The Morgan fingerprint density at radius 2 is 1.87 bits per heavy atom. The number of rotatable bonds is 12. The minimum absolute atomic E-state index is 0.0707. The van der Waals surface area contributed by atoms with E-state index in [2.05, 4.69) is 66.1 Å². The first-order valence-electron chi connectivity index (χ1n) is 19.6. The predicted octanol–water partition coefficient (Wildman–Crippen LogP) is 8.21. The van der Waals surface area contributed by atoms with Crippen LogP contribution in [0, 0.1) is 11.8 Å². The van der Waals surface area contributed by atoms with Gasteiger partial charge in [0.25, 0.3) is 0 Å². The molecule has 0 radical (unpaired) electrons. The first kappa shape index (κ1) is 37.0. The van der Waals surface area contributed by atoms with Crippen molar-refractivity contribution in [2.75, 3.05) is 51.7 Å². The Labute approximate surface area is 315 Å². The van der Waals surface area contributed by atoms with E-state index in [1.165, 1.54) is 35.2 Å². The molecule has 0 unspecified atom stereocenters. The number of fused-ring (bicyclic) bond motifs is 3. The van der Waals surface area contributed by atoms with Crippen LogP contribution in [0.1, 0.15) is 94.0 Å². The van der Waals surface area contributed by atoms with Gasteiger partial charge in [0.1, 0.15) is 23.1 Å². The summed E-state index contributed by atoms with van der Waals surface area (Å²) in [6, 6.07) is 16.2. The second kappa shape index (κ2) is 15.6. The summed E-state index contributed by atoms with van der Waals surface area (Å²) in [5.41, 5.74) is 4.78. The lowest BCUT2D eigenvalue weighted by Crippen LogP contribution is -2.53. The number of anilines is 1. The minimum atomic E-state index is -1.06. The topological polar surface area (TPSA) is 87.2 Å². The number of piperazine rings is 1. The minimum Gasteiger partial charge on any atom is -0.493 e. The average Bonchev–Trinajstić information content (AvgIpc) is 3.40. The average molecular weight is 729 g/mol. The quantitative estimate of drug-likeness (QED) is 0.193. The van der Waals surface area contributed by atoms with Gasteiger partial charge in [-0.25, -0.2) is 4.79 Å². The molecule has 2 aromatic carbocycles. The molecular formula is C43H57ClN4O4. The number of aromatic nitrogens is 1. The number of hydrogen-bond acceptors (Lipinski definition) is 7. The van der Waals surface area contributed by atoms with Crippen LogP contribution in [-0.4, -0.2) is 83.9 Å². The summed E-state index contributed by atoms with van der Waals surface area (Å²) in [7, 11) is 2.19. The van der Waals surface area contributed by atoms with Crippen molar-refractivity contribution in [3.63, 3.8) is 0 Å². The number of likely N-dealkylation sites (N-methyl/N-ethyl adjacent to an activating group) is 1. The molecule has 2 N–H and O–H groups in total. The Morgan fingerprint density at radius 3 is 2.62 bits per heavy atom. The maximum atomic E-state index is 13.0. The van der Waals surface area contributed by atoms with Gasteiger partial charge in [0.15, 0.2) is 0 Å². The molecular weight excluding hydrogens is 672 g/mol. The SMILES string of the molecule is C[C@@H](COc1ccnc2c1[C@H](C)CCC2)C[C@H]1Cc2ccc(O[C@H](C)CN3CCN(C)CC3)cc2C12CCC(Nc1cccc(Cl)c1)(C(=O)O)CC2. The first-order chi connectivity index (χ1) is 25.0. The van der Waals surface area contributed by atoms with Gasteiger partial charge >= 0.3 is 5.97 Å². The summed E-state index contributed by atoms with van der Waals surface area (Å²) >= 11 is 6.31. The highest BCUT2D eigenvalue weighted by Crippen LogP contribution is 2.57. The summed E-state index contributed by atoms with van der Waals surface area (Å²) in [6.45, 7) is 12.7. The Bertz CT molecular complexity index is 1720. The maximum Gasteiger partial charge on any atom is 0.329 e. The second-order valence-electron chi connectivity index (χ2n) is 16.5. The number of pyridine rings is 1. The summed E-state index contributed by atoms with van der Waals surface area (Å²) in [4.78, 5) is 22.6. The van der Waals surface area contributed by atoms with Crippen molar-refractivity contribution in [3.8, 4) is 11.5 Å². The van der Waals surface area contributed by atoms with Gasteiger partial charge in [0, 0.05) is 60.9 Å². The van der Waals surface area contributed by atoms with Crippen molar-refractivity contribution in [2.24, 2.45) is 11.8 Å². The normalized spacial score (nSPS) is 27.4. The maximum absolute atomic E-state index is 13.0. The Balaban J connectivity index is 1.11. The lowest BCUT2D eigenvalue weighted by molar-refractivity contribution is -0.144. The van der Waals surface area contributed by atoms with Crippen LogP contribution >= 0.6 is 11.6 Å². The van der Waals surface area contributed by atoms with Crippen LogP contribution in [0.15, 0.2) is 54.7 Å². The van der Waals surface area contributed by atoms with E-state index >= 15 is 0 Å². The summed E-state index contributed by atoms with van der Waals surface area (Å²) in [5.74, 6) is 2.28. The van der Waals surface area contributed by atoms with Crippen molar-refractivity contribution < 1.29 is 19.4 Å². The van der Waals surface area contributed by atoms with E-state index in [1.807, 2.05) is 36.5 Å². The molecule has 280 valence electrons. The number of aryl methyl sites for hydroxylation is 1. The molecule has 1 saturated heterocycles. The number of ether oxygens (including phenoxy) is 2. The zero-order valence-electron chi connectivity index (χ0n) is 31.5. The molecule has 1 spiro atoms. The number of nitrogens with zero attached hydrogens (tertiary/aromatic N) is 3. The van der Waals surface area contributed by atoms with E-state index in [-0.39, 0.29) is 11.5 Å². The number of benzene rings is 2. The molecule has 4 atom stereocenters. The Kier molecular flexibility index (Phi) is 11.1. The number of hydrogen-bond donors (Lipinski definition) is 2. The van der Waals surface area contributed by atoms with E-state index in [0.717, 1.165) is 82.0 Å². The van der Waals surface area contributed by atoms with E-state index in [4.69, 9.17) is 21.1 Å². The smallest absolute Gasteiger partial charge is 0.329 e. The highest BCUT2D eigenvalue weighted by molar-refractivity contribution is 6.30. The van der Waals surface area contributed by atoms with Crippen molar-refractivity contribution >= 4 is 23.3 Å². The molecule has 8 nitrogen and oxygen atoms in total. The van der Waals surface area contributed by atoms with Crippen LogP contribution in [0.5, 0.6) is 11.5 Å². The Morgan fingerprint density at radius 1 is 1.08 bits per heavy atom. The van der Waals surface area contributed by atoms with E-state index < -0.39 is 11.5 Å². The van der Waals surface area contributed by atoms with Gasteiger partial charge in [-0.1, -0.05) is 37.6 Å². The fourth-order valence-corrected chi connectivity index (χ4v) is 10.0. The molecule has 0 bridgehead atoms.